The number of furan rings is 1. The number of hydrogen-bond donors (Lipinski definition) is 0. The van der Waals surface area contributed by atoms with E-state index in [1.807, 2.05) is 24.3 Å². The van der Waals surface area contributed by atoms with Gasteiger partial charge in [0.2, 0.25) is 0 Å². The quantitative estimate of drug-likeness (QED) is 0.172. The molecule has 0 aliphatic rings. The van der Waals surface area contributed by atoms with Crippen LogP contribution in [0, 0.1) is 0 Å². The number of nitrogens with zero attached hydrogens (tertiary/aromatic N) is 3. The minimum absolute atomic E-state index is 0.661. The first kappa shape index (κ1) is 31.9. The van der Waals surface area contributed by atoms with E-state index in [1.165, 1.54) is 5.39 Å². The lowest BCUT2D eigenvalue weighted by Crippen LogP contribution is -1.98. The normalized spacial score (nSPS) is 11.6. The molecule has 0 spiro atoms. The van der Waals surface area contributed by atoms with Crippen molar-refractivity contribution in [3.05, 3.63) is 200 Å². The van der Waals surface area contributed by atoms with Crippen molar-refractivity contribution in [2.45, 2.75) is 0 Å². The van der Waals surface area contributed by atoms with Crippen molar-refractivity contribution < 1.29 is 4.42 Å². The molecule has 4 nitrogen and oxygen atoms in total. The lowest BCUT2D eigenvalue weighted by molar-refractivity contribution is 0.666. The lowest BCUT2D eigenvalue weighted by atomic mass is 9.99. The summed E-state index contributed by atoms with van der Waals surface area (Å²) in [7, 11) is 0. The molecule has 3 heterocycles. The first-order valence-electron chi connectivity index (χ1n) is 18.9. The van der Waals surface area contributed by atoms with Gasteiger partial charge in [-0.2, -0.15) is 0 Å². The van der Waals surface area contributed by atoms with Crippen LogP contribution in [-0.4, -0.2) is 14.5 Å². The third-order valence-electron chi connectivity index (χ3n) is 10.8. The van der Waals surface area contributed by atoms with Crippen molar-refractivity contribution >= 4 is 43.7 Å². The number of rotatable bonds is 6. The second kappa shape index (κ2) is 13.1. The number of benzene rings is 8. The monoisotopic (exact) mass is 715 g/mol. The van der Waals surface area contributed by atoms with Gasteiger partial charge >= 0.3 is 0 Å². The van der Waals surface area contributed by atoms with Crippen LogP contribution in [0.5, 0.6) is 0 Å². The SMILES string of the molecule is c1ccc(-c2cccc(-c3cc(-c4cccc(-c5ccccc5)c4)nc(-c4ccc5c6ccccc6n(-c6cccc7c6oc6ccccc67)c5c4)n3)c2)cc1. The number of fused-ring (bicyclic) bond motifs is 6. The minimum Gasteiger partial charge on any atom is -0.454 e. The highest BCUT2D eigenvalue weighted by Crippen LogP contribution is 2.40. The molecule has 0 bridgehead atoms. The fourth-order valence-electron chi connectivity index (χ4n) is 8.13. The molecule has 0 radical (unpaired) electrons. The van der Waals surface area contributed by atoms with E-state index in [4.69, 9.17) is 14.4 Å². The molecular weight excluding hydrogens is 683 g/mol. The van der Waals surface area contributed by atoms with E-state index < -0.39 is 0 Å². The Morgan fingerprint density at radius 1 is 0.339 bits per heavy atom. The van der Waals surface area contributed by atoms with Crippen molar-refractivity contribution in [3.63, 3.8) is 0 Å². The predicted octanol–water partition coefficient (Wildman–Crippen LogP) is 13.8. The Bertz CT molecular complexity index is 3150. The van der Waals surface area contributed by atoms with E-state index in [0.29, 0.717) is 5.82 Å². The zero-order valence-electron chi connectivity index (χ0n) is 30.3. The average Bonchev–Trinajstić information content (AvgIpc) is 3.83. The average molecular weight is 716 g/mol. The van der Waals surface area contributed by atoms with Crippen molar-refractivity contribution in [2.24, 2.45) is 0 Å². The third kappa shape index (κ3) is 5.39. The number of para-hydroxylation sites is 3. The molecule has 0 atom stereocenters. The number of hydrogen-bond acceptors (Lipinski definition) is 3. The molecule has 4 heteroatoms. The van der Waals surface area contributed by atoms with Crippen LogP contribution < -0.4 is 0 Å². The molecule has 0 N–H and O–H groups in total. The van der Waals surface area contributed by atoms with E-state index >= 15 is 0 Å². The Kier molecular flexibility index (Phi) is 7.46. The van der Waals surface area contributed by atoms with Gasteiger partial charge in [0.05, 0.1) is 28.1 Å². The van der Waals surface area contributed by atoms with Gasteiger partial charge in [0.25, 0.3) is 0 Å². The zero-order valence-corrected chi connectivity index (χ0v) is 30.3. The molecule has 0 saturated heterocycles. The summed E-state index contributed by atoms with van der Waals surface area (Å²) in [6.07, 6.45) is 0. The van der Waals surface area contributed by atoms with Gasteiger partial charge in [-0.05, 0) is 64.7 Å². The second-order valence-corrected chi connectivity index (χ2v) is 14.2. The highest BCUT2D eigenvalue weighted by Gasteiger charge is 2.19. The fourth-order valence-corrected chi connectivity index (χ4v) is 8.13. The van der Waals surface area contributed by atoms with E-state index in [2.05, 4.69) is 180 Å². The molecule has 0 aliphatic heterocycles. The standard InChI is InChI=1S/C52H33N3O/c1-3-14-34(15-4-1)36-18-11-20-38(30-36)45-33-46(39-21-12-19-37(31-39)35-16-5-2-6-17-35)54-52(53-45)40-28-29-42-41-22-7-9-25-47(41)55(49(42)32-40)48-26-13-24-44-43-23-8-10-27-50(43)56-51(44)48/h1-33H. The Balaban J connectivity index is 1.13. The van der Waals surface area contributed by atoms with Gasteiger partial charge in [-0.15, -0.1) is 0 Å². The Morgan fingerprint density at radius 3 is 1.57 bits per heavy atom. The molecule has 0 aliphatic carbocycles. The summed E-state index contributed by atoms with van der Waals surface area (Å²) >= 11 is 0. The van der Waals surface area contributed by atoms with Crippen LogP contribution in [0.1, 0.15) is 0 Å². The molecule has 56 heavy (non-hydrogen) atoms. The Hall–Kier alpha value is -7.56. The summed E-state index contributed by atoms with van der Waals surface area (Å²) in [6.45, 7) is 0. The van der Waals surface area contributed by atoms with Gasteiger partial charge in [-0.3, -0.25) is 0 Å². The summed E-state index contributed by atoms with van der Waals surface area (Å²) in [6, 6.07) is 70.2. The molecule has 0 saturated carbocycles. The van der Waals surface area contributed by atoms with Crippen LogP contribution in [0.15, 0.2) is 205 Å². The van der Waals surface area contributed by atoms with Gasteiger partial charge in [-0.1, -0.05) is 158 Å². The maximum Gasteiger partial charge on any atom is 0.160 e. The summed E-state index contributed by atoms with van der Waals surface area (Å²) in [5, 5.41) is 4.53. The molecule has 0 amide bonds. The third-order valence-corrected chi connectivity index (χ3v) is 10.8. The van der Waals surface area contributed by atoms with Crippen LogP contribution in [0.4, 0.5) is 0 Å². The maximum atomic E-state index is 6.59. The Morgan fingerprint density at radius 2 is 0.875 bits per heavy atom. The summed E-state index contributed by atoms with van der Waals surface area (Å²) in [4.78, 5) is 10.6. The van der Waals surface area contributed by atoms with Gasteiger partial charge in [-0.25, -0.2) is 9.97 Å². The summed E-state index contributed by atoms with van der Waals surface area (Å²) in [5.74, 6) is 0.661. The zero-order chi connectivity index (χ0) is 37.0. The van der Waals surface area contributed by atoms with E-state index in [1.54, 1.807) is 0 Å². The highest BCUT2D eigenvalue weighted by molar-refractivity contribution is 6.13. The maximum absolute atomic E-state index is 6.59. The van der Waals surface area contributed by atoms with Crippen LogP contribution in [0.25, 0.3) is 106 Å². The summed E-state index contributed by atoms with van der Waals surface area (Å²) < 4.78 is 8.92. The molecule has 11 rings (SSSR count). The molecule has 8 aromatic carbocycles. The molecule has 11 aromatic rings. The largest absolute Gasteiger partial charge is 0.454 e. The topological polar surface area (TPSA) is 43.9 Å². The van der Waals surface area contributed by atoms with Crippen LogP contribution in [-0.2, 0) is 0 Å². The van der Waals surface area contributed by atoms with Crippen molar-refractivity contribution in [2.75, 3.05) is 0 Å². The lowest BCUT2D eigenvalue weighted by Gasteiger charge is -2.12. The van der Waals surface area contributed by atoms with E-state index in [9.17, 15) is 0 Å². The second-order valence-electron chi connectivity index (χ2n) is 14.2. The van der Waals surface area contributed by atoms with Crippen LogP contribution >= 0.6 is 0 Å². The first-order chi connectivity index (χ1) is 27.7. The van der Waals surface area contributed by atoms with Crippen molar-refractivity contribution in [1.82, 2.24) is 14.5 Å². The molecule has 262 valence electrons. The molecule has 0 fully saturated rings. The van der Waals surface area contributed by atoms with Crippen LogP contribution in [0.2, 0.25) is 0 Å². The van der Waals surface area contributed by atoms with Crippen molar-refractivity contribution in [3.8, 4) is 61.8 Å². The highest BCUT2D eigenvalue weighted by atomic mass is 16.3. The van der Waals surface area contributed by atoms with Crippen LogP contribution in [0.3, 0.4) is 0 Å². The predicted molar refractivity (Wildman–Crippen MR) is 231 cm³/mol. The van der Waals surface area contributed by atoms with Crippen molar-refractivity contribution in [1.29, 1.82) is 0 Å². The van der Waals surface area contributed by atoms with Gasteiger partial charge in [0.1, 0.15) is 5.58 Å². The summed E-state index contributed by atoms with van der Waals surface area (Å²) in [5.41, 5.74) is 14.2. The number of aromatic nitrogens is 3. The van der Waals surface area contributed by atoms with E-state index in [0.717, 1.165) is 94.4 Å². The fraction of sp³-hybridized carbons (Fsp3) is 0. The first-order valence-corrected chi connectivity index (χ1v) is 18.9. The van der Waals surface area contributed by atoms with Gasteiger partial charge in [0.15, 0.2) is 11.4 Å². The molecular formula is C52H33N3O. The minimum atomic E-state index is 0.661. The van der Waals surface area contributed by atoms with E-state index in [-0.39, 0.29) is 0 Å². The Labute approximate surface area is 323 Å². The smallest absolute Gasteiger partial charge is 0.160 e. The van der Waals surface area contributed by atoms with Gasteiger partial charge in [0, 0.05) is 38.2 Å². The molecule has 3 aromatic heterocycles. The van der Waals surface area contributed by atoms with Gasteiger partial charge < -0.3 is 8.98 Å². The molecule has 0 unspecified atom stereocenters.